The minimum Gasteiger partial charge on any atom is -0.294 e. The number of Topliss-reactive ketones (excluding diaryl/α,β-unsaturated/α-hetero) is 1. The predicted molar refractivity (Wildman–Crippen MR) is 98.8 cm³/mol. The summed E-state index contributed by atoms with van der Waals surface area (Å²) in [5.41, 5.74) is 1.64. The summed E-state index contributed by atoms with van der Waals surface area (Å²) in [6.07, 6.45) is 2.48. The van der Waals surface area contributed by atoms with Crippen LogP contribution in [-0.4, -0.2) is 20.3 Å². The number of aromatic amines is 1. The number of aromatic nitrogens is 3. The highest BCUT2D eigenvalue weighted by Crippen LogP contribution is 2.34. The van der Waals surface area contributed by atoms with Crippen molar-refractivity contribution in [2.24, 2.45) is 0 Å². The van der Waals surface area contributed by atoms with Crippen molar-refractivity contribution in [1.29, 1.82) is 0 Å². The zero-order chi connectivity index (χ0) is 18.4. The highest BCUT2D eigenvalue weighted by Gasteiger charge is 2.30. The molecule has 0 amide bonds. The van der Waals surface area contributed by atoms with Crippen molar-refractivity contribution in [3.63, 3.8) is 0 Å². The predicted octanol–water partition coefficient (Wildman–Crippen LogP) is 2.58. The van der Waals surface area contributed by atoms with Crippen molar-refractivity contribution in [2.75, 3.05) is 0 Å². The van der Waals surface area contributed by atoms with E-state index in [2.05, 4.69) is 9.97 Å². The van der Waals surface area contributed by atoms with Crippen LogP contribution in [0.1, 0.15) is 53.7 Å². The Morgan fingerprint density at radius 1 is 1.12 bits per heavy atom. The van der Waals surface area contributed by atoms with Gasteiger partial charge in [0.15, 0.2) is 5.78 Å². The highest BCUT2D eigenvalue weighted by atomic mass is 16.2. The van der Waals surface area contributed by atoms with Crippen LogP contribution in [-0.2, 0) is 6.42 Å². The molecule has 0 spiro atoms. The second kappa shape index (κ2) is 6.05. The third-order valence-corrected chi connectivity index (χ3v) is 5.03. The first-order chi connectivity index (χ1) is 12.5. The first-order valence-electron chi connectivity index (χ1n) is 8.72. The van der Waals surface area contributed by atoms with Gasteiger partial charge in [-0.1, -0.05) is 30.3 Å². The third-order valence-electron chi connectivity index (χ3n) is 5.03. The molecule has 4 rings (SSSR count). The molecule has 0 aliphatic heterocycles. The molecule has 2 heterocycles. The molecule has 132 valence electrons. The Labute approximate surface area is 149 Å². The lowest BCUT2D eigenvalue weighted by atomic mass is 9.79. The van der Waals surface area contributed by atoms with Gasteiger partial charge in [0.05, 0.1) is 5.39 Å². The molecular formula is C20H19N3O3. The normalized spacial score (nSPS) is 16.9. The largest absolute Gasteiger partial charge is 0.330 e. The molecule has 0 saturated carbocycles. The lowest BCUT2D eigenvalue weighted by Crippen LogP contribution is -2.33. The fraction of sp³-hybridized carbons (Fsp3) is 0.300. The van der Waals surface area contributed by atoms with Crippen LogP contribution in [0.15, 0.2) is 46.1 Å². The molecule has 1 aliphatic carbocycles. The molecule has 1 atom stereocenters. The maximum Gasteiger partial charge on any atom is 0.330 e. The molecule has 0 saturated heterocycles. The quantitative estimate of drug-likeness (QED) is 0.770. The molecule has 1 aliphatic rings. The van der Waals surface area contributed by atoms with Gasteiger partial charge in [0.2, 0.25) is 0 Å². The van der Waals surface area contributed by atoms with Gasteiger partial charge >= 0.3 is 5.69 Å². The van der Waals surface area contributed by atoms with Gasteiger partial charge < -0.3 is 0 Å². The summed E-state index contributed by atoms with van der Waals surface area (Å²) in [7, 11) is 0. The summed E-state index contributed by atoms with van der Waals surface area (Å²) in [6.45, 7) is 3.72. The van der Waals surface area contributed by atoms with Gasteiger partial charge in [0, 0.05) is 24.2 Å². The van der Waals surface area contributed by atoms with Gasteiger partial charge in [0.1, 0.15) is 5.65 Å². The van der Waals surface area contributed by atoms with Crippen LogP contribution >= 0.6 is 0 Å². The standard InChI is InChI=1S/C20H19N3O3/c1-11(2)23-18-17(19(25)22-20(23)26)14-8-13(12-6-4-3-5-7-12)9-16(24)15(14)10-21-18/h3-7,10-11,13H,8-9H2,1-2H3,(H,22,25,26)/t13-/m0/s1. The van der Waals surface area contributed by atoms with E-state index in [1.807, 2.05) is 44.2 Å². The molecule has 2 aromatic heterocycles. The zero-order valence-corrected chi connectivity index (χ0v) is 14.7. The Morgan fingerprint density at radius 3 is 2.54 bits per heavy atom. The Balaban J connectivity index is 1.99. The number of carbonyl (C=O) groups excluding carboxylic acids is 1. The molecule has 6 nitrogen and oxygen atoms in total. The number of H-pyrrole nitrogens is 1. The summed E-state index contributed by atoms with van der Waals surface area (Å²) in [5, 5.41) is 0.352. The number of hydrogen-bond acceptors (Lipinski definition) is 4. The molecule has 26 heavy (non-hydrogen) atoms. The summed E-state index contributed by atoms with van der Waals surface area (Å²) >= 11 is 0. The third kappa shape index (κ3) is 2.49. The highest BCUT2D eigenvalue weighted by molar-refractivity contribution is 6.02. The van der Waals surface area contributed by atoms with Crippen molar-refractivity contribution >= 4 is 16.8 Å². The van der Waals surface area contributed by atoms with E-state index in [4.69, 9.17) is 0 Å². The Kier molecular flexibility index (Phi) is 3.83. The average molecular weight is 349 g/mol. The van der Waals surface area contributed by atoms with E-state index in [0.717, 1.165) is 5.56 Å². The monoisotopic (exact) mass is 349 g/mol. The number of pyridine rings is 1. The summed E-state index contributed by atoms with van der Waals surface area (Å²) in [6, 6.07) is 9.68. The molecule has 1 aromatic carbocycles. The summed E-state index contributed by atoms with van der Waals surface area (Å²) in [4.78, 5) is 44.2. The minimum atomic E-state index is -0.480. The van der Waals surface area contributed by atoms with Crippen LogP contribution in [0, 0.1) is 0 Å². The van der Waals surface area contributed by atoms with E-state index >= 15 is 0 Å². The van der Waals surface area contributed by atoms with Gasteiger partial charge in [-0.3, -0.25) is 19.1 Å². The number of carbonyl (C=O) groups is 1. The second-order valence-electron chi connectivity index (χ2n) is 7.01. The Hall–Kier alpha value is -3.02. The number of benzene rings is 1. The zero-order valence-electron chi connectivity index (χ0n) is 14.7. The molecule has 6 heteroatoms. The molecule has 0 fully saturated rings. The first kappa shape index (κ1) is 16.4. The minimum absolute atomic E-state index is 0.0145. The first-order valence-corrected chi connectivity index (χ1v) is 8.72. The van der Waals surface area contributed by atoms with Crippen molar-refractivity contribution in [3.05, 3.63) is 74.1 Å². The number of hydrogen-bond donors (Lipinski definition) is 1. The number of fused-ring (bicyclic) bond motifs is 3. The molecule has 1 N–H and O–H groups in total. The van der Waals surface area contributed by atoms with E-state index in [1.165, 1.54) is 10.8 Å². The SMILES string of the molecule is CC(C)n1c(=O)[nH]c(=O)c2c3c(cnc21)C(=O)C[C@@H](c1ccccc1)C3. The second-order valence-corrected chi connectivity index (χ2v) is 7.01. The van der Waals surface area contributed by atoms with Gasteiger partial charge in [0.25, 0.3) is 5.56 Å². The molecule has 0 radical (unpaired) electrons. The van der Waals surface area contributed by atoms with E-state index in [-0.39, 0.29) is 17.7 Å². The summed E-state index contributed by atoms with van der Waals surface area (Å²) < 4.78 is 1.47. The number of nitrogens with one attached hydrogen (secondary N) is 1. The topological polar surface area (TPSA) is 84.8 Å². The number of ketones is 1. The van der Waals surface area contributed by atoms with Gasteiger partial charge in [-0.05, 0) is 37.3 Å². The maximum atomic E-state index is 12.7. The van der Waals surface area contributed by atoms with Crippen molar-refractivity contribution in [3.8, 4) is 0 Å². The molecule has 3 aromatic rings. The van der Waals surface area contributed by atoms with Crippen LogP contribution in [0.3, 0.4) is 0 Å². The Morgan fingerprint density at radius 2 is 1.85 bits per heavy atom. The molecule has 0 bridgehead atoms. The van der Waals surface area contributed by atoms with Gasteiger partial charge in [-0.15, -0.1) is 0 Å². The number of rotatable bonds is 2. The van der Waals surface area contributed by atoms with E-state index in [9.17, 15) is 14.4 Å². The van der Waals surface area contributed by atoms with Crippen molar-refractivity contribution < 1.29 is 4.79 Å². The Bertz CT molecular complexity index is 1130. The van der Waals surface area contributed by atoms with Crippen LogP contribution in [0.4, 0.5) is 0 Å². The van der Waals surface area contributed by atoms with Crippen LogP contribution in [0.2, 0.25) is 0 Å². The van der Waals surface area contributed by atoms with E-state index in [0.29, 0.717) is 35.0 Å². The lowest BCUT2D eigenvalue weighted by Gasteiger charge is -2.25. The number of nitrogens with zero attached hydrogens (tertiary/aromatic N) is 2. The smallest absolute Gasteiger partial charge is 0.294 e. The van der Waals surface area contributed by atoms with Crippen LogP contribution < -0.4 is 11.2 Å². The van der Waals surface area contributed by atoms with Crippen LogP contribution in [0.25, 0.3) is 11.0 Å². The molecule has 0 unspecified atom stereocenters. The van der Waals surface area contributed by atoms with Gasteiger partial charge in [-0.2, -0.15) is 0 Å². The van der Waals surface area contributed by atoms with E-state index in [1.54, 1.807) is 0 Å². The fourth-order valence-electron chi connectivity index (χ4n) is 3.82. The van der Waals surface area contributed by atoms with Gasteiger partial charge in [-0.25, -0.2) is 9.78 Å². The van der Waals surface area contributed by atoms with E-state index < -0.39 is 11.2 Å². The van der Waals surface area contributed by atoms with Crippen molar-refractivity contribution in [2.45, 2.75) is 38.6 Å². The van der Waals surface area contributed by atoms with Crippen LogP contribution in [0.5, 0.6) is 0 Å². The average Bonchev–Trinajstić information content (AvgIpc) is 2.61. The fourth-order valence-corrected chi connectivity index (χ4v) is 3.82. The summed E-state index contributed by atoms with van der Waals surface area (Å²) in [5.74, 6) is -0.00294. The molecular weight excluding hydrogens is 330 g/mol. The lowest BCUT2D eigenvalue weighted by molar-refractivity contribution is 0.0964. The maximum absolute atomic E-state index is 12.7. The van der Waals surface area contributed by atoms with Crippen molar-refractivity contribution in [1.82, 2.24) is 14.5 Å².